The fourth-order valence-corrected chi connectivity index (χ4v) is 3.01. The molecule has 4 N–H and O–H groups in total. The van der Waals surface area contributed by atoms with Gasteiger partial charge in [0.25, 0.3) is 0 Å². The first kappa shape index (κ1) is 11.3. The van der Waals surface area contributed by atoms with Crippen molar-refractivity contribution in [2.45, 2.75) is 18.9 Å². The van der Waals surface area contributed by atoms with E-state index in [1.54, 1.807) is 6.20 Å². The molecule has 100 valence electrons. The molecular formula is C16H16N4. The second-order valence-electron chi connectivity index (χ2n) is 5.41. The van der Waals surface area contributed by atoms with E-state index in [1.165, 1.54) is 11.1 Å². The zero-order valence-corrected chi connectivity index (χ0v) is 11.1. The Kier molecular flexibility index (Phi) is 2.42. The predicted molar refractivity (Wildman–Crippen MR) is 81.8 cm³/mol. The van der Waals surface area contributed by atoms with Gasteiger partial charge in [-0.1, -0.05) is 24.3 Å². The number of nitrogens with zero attached hydrogens (tertiary/aromatic N) is 1. The van der Waals surface area contributed by atoms with Gasteiger partial charge in [-0.25, -0.2) is 0 Å². The van der Waals surface area contributed by atoms with Crippen LogP contribution in [0.15, 0.2) is 42.6 Å². The Bertz CT molecular complexity index is 750. The molecule has 4 heteroatoms. The summed E-state index contributed by atoms with van der Waals surface area (Å²) in [5, 5.41) is 11.6. The second kappa shape index (κ2) is 4.27. The number of fused-ring (bicyclic) bond motifs is 2. The van der Waals surface area contributed by atoms with Gasteiger partial charge in [0, 0.05) is 11.4 Å². The molecule has 0 radical (unpaired) electrons. The maximum atomic E-state index is 6.12. The molecule has 0 unspecified atom stereocenters. The molecule has 0 spiro atoms. The molecule has 0 atom stereocenters. The van der Waals surface area contributed by atoms with E-state index in [4.69, 9.17) is 5.73 Å². The normalized spacial score (nSPS) is 14.6. The summed E-state index contributed by atoms with van der Waals surface area (Å²) in [6.07, 6.45) is 3.90. The van der Waals surface area contributed by atoms with Gasteiger partial charge in [-0.05, 0) is 36.1 Å². The van der Waals surface area contributed by atoms with Gasteiger partial charge in [0.15, 0.2) is 0 Å². The molecule has 3 aromatic rings. The number of hydrogen-bond donors (Lipinski definition) is 3. The zero-order valence-electron chi connectivity index (χ0n) is 11.1. The lowest BCUT2D eigenvalue weighted by molar-refractivity contribution is 0.775. The van der Waals surface area contributed by atoms with Crippen molar-refractivity contribution in [2.75, 3.05) is 11.1 Å². The van der Waals surface area contributed by atoms with Crippen molar-refractivity contribution in [2.24, 2.45) is 0 Å². The molecule has 0 saturated carbocycles. The molecule has 4 nitrogen and oxygen atoms in total. The molecular weight excluding hydrogens is 248 g/mol. The number of rotatable bonds is 2. The first-order valence-electron chi connectivity index (χ1n) is 6.85. The van der Waals surface area contributed by atoms with Gasteiger partial charge in [0.1, 0.15) is 0 Å². The highest BCUT2D eigenvalue weighted by Crippen LogP contribution is 2.29. The number of H-pyrrole nitrogens is 1. The van der Waals surface area contributed by atoms with Gasteiger partial charge in [-0.2, -0.15) is 5.10 Å². The Hall–Kier alpha value is -2.49. The predicted octanol–water partition coefficient (Wildman–Crippen LogP) is 2.72. The summed E-state index contributed by atoms with van der Waals surface area (Å²) >= 11 is 0. The molecule has 0 aliphatic heterocycles. The minimum Gasteiger partial charge on any atom is -0.397 e. The van der Waals surface area contributed by atoms with Gasteiger partial charge < -0.3 is 11.1 Å². The van der Waals surface area contributed by atoms with Gasteiger partial charge in [-0.15, -0.1) is 0 Å². The number of nitrogens with one attached hydrogen (secondary N) is 2. The lowest BCUT2D eigenvalue weighted by Crippen LogP contribution is -2.20. The molecule has 20 heavy (non-hydrogen) atoms. The molecule has 1 heterocycles. The number of benzene rings is 2. The summed E-state index contributed by atoms with van der Waals surface area (Å²) in [5.74, 6) is 0. The Labute approximate surface area is 117 Å². The number of hydrogen-bond acceptors (Lipinski definition) is 3. The average molecular weight is 264 g/mol. The number of nitrogens with two attached hydrogens (primary N) is 1. The monoisotopic (exact) mass is 264 g/mol. The molecule has 1 aliphatic carbocycles. The lowest BCUT2D eigenvalue weighted by atomic mass is 10.1. The van der Waals surface area contributed by atoms with E-state index in [0.29, 0.717) is 6.04 Å². The number of aromatic amines is 1. The van der Waals surface area contributed by atoms with E-state index in [0.717, 1.165) is 35.1 Å². The maximum Gasteiger partial charge on any atom is 0.0672 e. The zero-order chi connectivity index (χ0) is 13.5. The highest BCUT2D eigenvalue weighted by atomic mass is 15.1. The van der Waals surface area contributed by atoms with E-state index in [9.17, 15) is 0 Å². The van der Waals surface area contributed by atoms with Crippen molar-refractivity contribution in [3.8, 4) is 0 Å². The molecule has 0 fully saturated rings. The summed E-state index contributed by atoms with van der Waals surface area (Å²) < 4.78 is 0. The summed E-state index contributed by atoms with van der Waals surface area (Å²) in [4.78, 5) is 0. The van der Waals surface area contributed by atoms with Crippen LogP contribution in [0.1, 0.15) is 11.1 Å². The Balaban J connectivity index is 1.61. The number of anilines is 2. The van der Waals surface area contributed by atoms with Gasteiger partial charge in [0.2, 0.25) is 0 Å². The molecule has 2 aromatic carbocycles. The Morgan fingerprint density at radius 2 is 1.90 bits per heavy atom. The van der Waals surface area contributed by atoms with Crippen molar-refractivity contribution in [3.63, 3.8) is 0 Å². The summed E-state index contributed by atoms with van der Waals surface area (Å²) in [7, 11) is 0. The van der Waals surface area contributed by atoms with E-state index in [2.05, 4.69) is 39.8 Å². The molecule has 0 bridgehead atoms. The van der Waals surface area contributed by atoms with Crippen LogP contribution in [0.25, 0.3) is 10.9 Å². The van der Waals surface area contributed by atoms with Crippen LogP contribution < -0.4 is 11.1 Å². The molecule has 0 amide bonds. The Morgan fingerprint density at radius 3 is 2.65 bits per heavy atom. The highest BCUT2D eigenvalue weighted by Gasteiger charge is 2.21. The minimum absolute atomic E-state index is 0.412. The molecule has 0 saturated heterocycles. The first-order valence-corrected chi connectivity index (χ1v) is 6.85. The third-order valence-corrected chi connectivity index (χ3v) is 4.02. The van der Waals surface area contributed by atoms with Crippen LogP contribution in [0.4, 0.5) is 11.4 Å². The van der Waals surface area contributed by atoms with Crippen LogP contribution in [-0.2, 0) is 12.8 Å². The van der Waals surface area contributed by atoms with Crippen molar-refractivity contribution < 1.29 is 0 Å². The van der Waals surface area contributed by atoms with E-state index in [1.807, 2.05) is 12.1 Å². The highest BCUT2D eigenvalue weighted by molar-refractivity contribution is 5.88. The average Bonchev–Trinajstić information content (AvgIpc) is 3.04. The van der Waals surface area contributed by atoms with E-state index >= 15 is 0 Å². The molecule has 4 rings (SSSR count). The second-order valence-corrected chi connectivity index (χ2v) is 5.41. The maximum absolute atomic E-state index is 6.12. The summed E-state index contributed by atoms with van der Waals surface area (Å²) in [6, 6.07) is 13.0. The Morgan fingerprint density at radius 1 is 1.15 bits per heavy atom. The van der Waals surface area contributed by atoms with Crippen molar-refractivity contribution in [1.29, 1.82) is 0 Å². The van der Waals surface area contributed by atoms with Crippen LogP contribution in [-0.4, -0.2) is 16.2 Å². The van der Waals surface area contributed by atoms with Crippen LogP contribution >= 0.6 is 0 Å². The SMILES string of the molecule is Nc1cc2cn[nH]c2cc1NC1Cc2ccccc2C1. The van der Waals surface area contributed by atoms with Gasteiger partial charge in [0.05, 0.1) is 23.1 Å². The van der Waals surface area contributed by atoms with Gasteiger partial charge in [-0.3, -0.25) is 5.10 Å². The van der Waals surface area contributed by atoms with Crippen molar-refractivity contribution in [1.82, 2.24) is 10.2 Å². The molecule has 1 aromatic heterocycles. The topological polar surface area (TPSA) is 66.7 Å². The smallest absolute Gasteiger partial charge is 0.0672 e. The number of nitrogen functional groups attached to an aromatic ring is 1. The quantitative estimate of drug-likeness (QED) is 0.623. The number of aromatic nitrogens is 2. The fourth-order valence-electron chi connectivity index (χ4n) is 3.01. The summed E-state index contributed by atoms with van der Waals surface area (Å²) in [5.41, 5.74) is 11.8. The van der Waals surface area contributed by atoms with Crippen molar-refractivity contribution >= 4 is 22.3 Å². The van der Waals surface area contributed by atoms with Crippen LogP contribution in [0, 0.1) is 0 Å². The van der Waals surface area contributed by atoms with Crippen molar-refractivity contribution in [3.05, 3.63) is 53.7 Å². The fraction of sp³-hybridized carbons (Fsp3) is 0.188. The molecule has 1 aliphatic rings. The van der Waals surface area contributed by atoms with Crippen LogP contribution in [0.3, 0.4) is 0 Å². The van der Waals surface area contributed by atoms with Gasteiger partial charge >= 0.3 is 0 Å². The third-order valence-electron chi connectivity index (χ3n) is 4.02. The first-order chi connectivity index (χ1) is 9.79. The third kappa shape index (κ3) is 1.81. The minimum atomic E-state index is 0.412. The van der Waals surface area contributed by atoms with Crippen LogP contribution in [0.2, 0.25) is 0 Å². The standard InChI is InChI=1S/C16H16N4/c17-14-7-12-9-18-20-15(12)8-16(14)19-13-5-10-3-1-2-4-11(10)6-13/h1-4,7-9,13,19H,5-6,17H2,(H,18,20). The summed E-state index contributed by atoms with van der Waals surface area (Å²) in [6.45, 7) is 0. The van der Waals surface area contributed by atoms with Crippen LogP contribution in [0.5, 0.6) is 0 Å². The lowest BCUT2D eigenvalue weighted by Gasteiger charge is -2.15. The van der Waals surface area contributed by atoms with E-state index < -0.39 is 0 Å². The largest absolute Gasteiger partial charge is 0.397 e. The van der Waals surface area contributed by atoms with E-state index in [-0.39, 0.29) is 0 Å².